The summed E-state index contributed by atoms with van der Waals surface area (Å²) in [5, 5.41) is 1.34. The Kier molecular flexibility index (Phi) is 1.91. The van der Waals surface area contributed by atoms with Crippen molar-refractivity contribution in [1.82, 2.24) is 9.88 Å². The molecule has 0 spiro atoms. The number of nitrogens with one attached hydrogen (secondary N) is 1. The van der Waals surface area contributed by atoms with Crippen LogP contribution in [0.5, 0.6) is 0 Å². The first-order valence-corrected chi connectivity index (χ1v) is 6.64. The van der Waals surface area contributed by atoms with Gasteiger partial charge in [0.2, 0.25) is 5.91 Å². The largest absolute Gasteiger partial charge is 0.356 e. The molecule has 3 nitrogen and oxygen atoms in total. The van der Waals surface area contributed by atoms with Gasteiger partial charge in [0.15, 0.2) is 0 Å². The number of nitrogens with zero attached hydrogens (tertiary/aromatic N) is 1. The Bertz CT molecular complexity index is 656. The second-order valence-corrected chi connectivity index (χ2v) is 5.46. The van der Waals surface area contributed by atoms with Crippen molar-refractivity contribution in [2.24, 2.45) is 0 Å². The van der Waals surface area contributed by atoms with Crippen LogP contribution in [0.25, 0.3) is 10.9 Å². The van der Waals surface area contributed by atoms with E-state index in [9.17, 15) is 4.79 Å². The minimum absolute atomic E-state index is 0.300. The minimum atomic E-state index is 0.300. The van der Waals surface area contributed by atoms with Gasteiger partial charge in [-0.05, 0) is 37.0 Å². The van der Waals surface area contributed by atoms with E-state index in [1.165, 1.54) is 27.7 Å². The number of carbonyl (C=O) groups is 1. The zero-order valence-electron chi connectivity index (χ0n) is 10.5. The van der Waals surface area contributed by atoms with Crippen LogP contribution in [0, 0.1) is 6.92 Å². The molecule has 0 radical (unpaired) electrons. The summed E-state index contributed by atoms with van der Waals surface area (Å²) >= 11 is 0. The predicted molar refractivity (Wildman–Crippen MR) is 70.4 cm³/mol. The summed E-state index contributed by atoms with van der Waals surface area (Å²) in [5.74, 6) is 0.320. The van der Waals surface area contributed by atoms with Crippen molar-refractivity contribution in [2.45, 2.75) is 32.2 Å². The Morgan fingerprint density at radius 1 is 1.33 bits per heavy atom. The predicted octanol–water partition coefficient (Wildman–Crippen LogP) is 2.70. The highest BCUT2D eigenvalue weighted by Crippen LogP contribution is 2.40. The van der Waals surface area contributed by atoms with Crippen LogP contribution in [-0.4, -0.2) is 22.3 Å². The van der Waals surface area contributed by atoms with E-state index in [0.717, 1.165) is 19.4 Å². The first-order valence-electron chi connectivity index (χ1n) is 6.64. The molecule has 2 aliphatic rings. The van der Waals surface area contributed by atoms with Crippen molar-refractivity contribution < 1.29 is 4.79 Å². The number of aryl methyl sites for hydroxylation is 1. The molecule has 0 saturated carbocycles. The molecule has 1 atom stereocenters. The van der Waals surface area contributed by atoms with Gasteiger partial charge < -0.3 is 9.88 Å². The van der Waals surface area contributed by atoms with Gasteiger partial charge in [-0.1, -0.05) is 12.1 Å². The van der Waals surface area contributed by atoms with E-state index in [4.69, 9.17) is 0 Å². The van der Waals surface area contributed by atoms with Crippen LogP contribution in [-0.2, 0) is 11.2 Å². The molecule has 0 aliphatic carbocycles. The average molecular weight is 240 g/mol. The molecule has 1 saturated heterocycles. The summed E-state index contributed by atoms with van der Waals surface area (Å²) in [6.07, 6.45) is 2.66. The van der Waals surface area contributed by atoms with E-state index in [2.05, 4.69) is 30.1 Å². The summed E-state index contributed by atoms with van der Waals surface area (Å²) < 4.78 is 0. The molecule has 1 fully saturated rings. The van der Waals surface area contributed by atoms with E-state index < -0.39 is 0 Å². The Morgan fingerprint density at radius 2 is 2.22 bits per heavy atom. The lowest BCUT2D eigenvalue weighted by Crippen LogP contribution is -2.33. The third kappa shape index (κ3) is 1.22. The van der Waals surface area contributed by atoms with E-state index in [1.807, 2.05) is 4.90 Å². The Balaban J connectivity index is 1.93. The SMILES string of the molecule is Cc1ccc2c3c([nH]c2c1)[C@H]1CCC(=O)N1CC3. The molecule has 0 unspecified atom stereocenters. The van der Waals surface area contributed by atoms with Crippen molar-refractivity contribution in [3.8, 4) is 0 Å². The maximum atomic E-state index is 11.8. The van der Waals surface area contributed by atoms with Crippen molar-refractivity contribution >= 4 is 16.8 Å². The zero-order valence-corrected chi connectivity index (χ0v) is 10.5. The Morgan fingerprint density at radius 3 is 3.11 bits per heavy atom. The summed E-state index contributed by atoms with van der Waals surface area (Å²) in [6, 6.07) is 6.89. The van der Waals surface area contributed by atoms with Crippen LogP contribution in [0.1, 0.15) is 35.7 Å². The highest BCUT2D eigenvalue weighted by atomic mass is 16.2. The topological polar surface area (TPSA) is 36.1 Å². The van der Waals surface area contributed by atoms with Gasteiger partial charge in [0, 0.05) is 29.6 Å². The molecule has 2 aliphatic heterocycles. The lowest BCUT2D eigenvalue weighted by atomic mass is 9.97. The van der Waals surface area contributed by atoms with Crippen LogP contribution in [0.4, 0.5) is 0 Å². The van der Waals surface area contributed by atoms with Crippen molar-refractivity contribution in [1.29, 1.82) is 0 Å². The van der Waals surface area contributed by atoms with Crippen molar-refractivity contribution in [3.05, 3.63) is 35.0 Å². The number of amides is 1. The number of fused-ring (bicyclic) bond motifs is 5. The summed E-state index contributed by atoms with van der Waals surface area (Å²) in [6.45, 7) is 3.00. The second-order valence-electron chi connectivity index (χ2n) is 5.46. The normalized spacial score (nSPS) is 22.4. The number of carbonyl (C=O) groups excluding carboxylic acids is 1. The molecular weight excluding hydrogens is 224 g/mol. The molecule has 1 amide bonds. The number of hydrogen-bond acceptors (Lipinski definition) is 1. The quantitative estimate of drug-likeness (QED) is 0.755. The van der Waals surface area contributed by atoms with Gasteiger partial charge in [-0.25, -0.2) is 0 Å². The lowest BCUT2D eigenvalue weighted by molar-refractivity contribution is -0.129. The van der Waals surface area contributed by atoms with E-state index >= 15 is 0 Å². The standard InChI is InChI=1S/C15H16N2O/c1-9-2-3-10-11-6-7-17-13(4-5-14(17)18)15(11)16-12(10)8-9/h2-3,8,13,16H,4-7H2,1H3/t13-/m1/s1. The lowest BCUT2D eigenvalue weighted by Gasteiger charge is -2.29. The third-order valence-corrected chi connectivity index (χ3v) is 4.36. The van der Waals surface area contributed by atoms with E-state index in [0.29, 0.717) is 18.4 Å². The number of benzene rings is 1. The second kappa shape index (κ2) is 3.37. The fraction of sp³-hybridized carbons (Fsp3) is 0.400. The molecule has 92 valence electrons. The van der Waals surface area contributed by atoms with Gasteiger partial charge in [0.1, 0.15) is 0 Å². The Labute approximate surface area is 106 Å². The van der Waals surface area contributed by atoms with Gasteiger partial charge in [-0.2, -0.15) is 0 Å². The monoisotopic (exact) mass is 240 g/mol. The van der Waals surface area contributed by atoms with Gasteiger partial charge in [-0.15, -0.1) is 0 Å². The van der Waals surface area contributed by atoms with E-state index in [-0.39, 0.29) is 0 Å². The fourth-order valence-electron chi connectivity index (χ4n) is 3.49. The highest BCUT2D eigenvalue weighted by Gasteiger charge is 2.37. The first-order chi connectivity index (χ1) is 8.74. The zero-order chi connectivity index (χ0) is 12.3. The van der Waals surface area contributed by atoms with Gasteiger partial charge in [-0.3, -0.25) is 4.79 Å². The molecule has 1 N–H and O–H groups in total. The summed E-state index contributed by atoms with van der Waals surface area (Å²) in [4.78, 5) is 17.4. The maximum absolute atomic E-state index is 11.8. The molecule has 4 rings (SSSR count). The molecule has 3 heterocycles. The maximum Gasteiger partial charge on any atom is 0.223 e. The fourth-order valence-corrected chi connectivity index (χ4v) is 3.49. The number of rotatable bonds is 0. The molecule has 18 heavy (non-hydrogen) atoms. The van der Waals surface area contributed by atoms with Gasteiger partial charge in [0.05, 0.1) is 6.04 Å². The van der Waals surface area contributed by atoms with Gasteiger partial charge >= 0.3 is 0 Å². The van der Waals surface area contributed by atoms with Crippen LogP contribution >= 0.6 is 0 Å². The smallest absolute Gasteiger partial charge is 0.223 e. The average Bonchev–Trinajstić information content (AvgIpc) is 2.89. The van der Waals surface area contributed by atoms with Crippen LogP contribution < -0.4 is 0 Å². The number of hydrogen-bond donors (Lipinski definition) is 1. The Hall–Kier alpha value is -1.77. The van der Waals surface area contributed by atoms with Gasteiger partial charge in [0.25, 0.3) is 0 Å². The van der Waals surface area contributed by atoms with Crippen LogP contribution in [0.3, 0.4) is 0 Å². The highest BCUT2D eigenvalue weighted by molar-refractivity contribution is 5.87. The minimum Gasteiger partial charge on any atom is -0.356 e. The van der Waals surface area contributed by atoms with E-state index in [1.54, 1.807) is 0 Å². The molecular formula is C15H16N2O. The molecule has 1 aromatic carbocycles. The molecule has 0 bridgehead atoms. The summed E-state index contributed by atoms with van der Waals surface area (Å²) in [7, 11) is 0. The number of aromatic nitrogens is 1. The molecule has 2 aromatic rings. The van der Waals surface area contributed by atoms with Crippen molar-refractivity contribution in [3.63, 3.8) is 0 Å². The number of H-pyrrole nitrogens is 1. The van der Waals surface area contributed by atoms with Crippen LogP contribution in [0.2, 0.25) is 0 Å². The molecule has 3 heteroatoms. The van der Waals surface area contributed by atoms with Crippen LogP contribution in [0.15, 0.2) is 18.2 Å². The van der Waals surface area contributed by atoms with Crippen molar-refractivity contribution in [2.75, 3.05) is 6.54 Å². The first kappa shape index (κ1) is 10.2. The number of aromatic amines is 1. The third-order valence-electron chi connectivity index (χ3n) is 4.36. The summed E-state index contributed by atoms with van der Waals surface area (Å²) in [5.41, 5.74) is 5.22. The molecule has 1 aromatic heterocycles.